The summed E-state index contributed by atoms with van der Waals surface area (Å²) in [4.78, 5) is 4.40. The number of rotatable bonds is 2. The zero-order valence-corrected chi connectivity index (χ0v) is 11.7. The van der Waals surface area contributed by atoms with Gasteiger partial charge in [0.1, 0.15) is 5.75 Å². The van der Waals surface area contributed by atoms with Gasteiger partial charge in [0.15, 0.2) is 0 Å². The van der Waals surface area contributed by atoms with E-state index < -0.39 is 0 Å². The van der Waals surface area contributed by atoms with Crippen molar-refractivity contribution in [3.63, 3.8) is 0 Å². The molecule has 3 nitrogen and oxygen atoms in total. The Hall–Kier alpha value is -1.59. The smallest absolute Gasteiger partial charge is 0.279 e. The number of hydrogen-bond acceptors (Lipinski definition) is 4. The number of nitrogens with two attached hydrogens (primary N) is 1. The van der Waals surface area contributed by atoms with E-state index >= 15 is 0 Å². The van der Waals surface area contributed by atoms with Gasteiger partial charge < -0.3 is 10.5 Å². The van der Waals surface area contributed by atoms with Gasteiger partial charge in [-0.3, -0.25) is 0 Å². The minimum Gasteiger partial charge on any atom is -0.431 e. The van der Waals surface area contributed by atoms with E-state index in [1.807, 2.05) is 42.5 Å². The van der Waals surface area contributed by atoms with E-state index in [1.54, 1.807) is 0 Å². The molecule has 0 amide bonds. The topological polar surface area (TPSA) is 48.1 Å². The Labute approximate surface area is 116 Å². The highest BCUT2D eigenvalue weighted by atomic mass is 79.9. The first kappa shape index (κ1) is 11.5. The van der Waals surface area contributed by atoms with Crippen molar-refractivity contribution < 1.29 is 4.74 Å². The fourth-order valence-electron chi connectivity index (χ4n) is 1.57. The Morgan fingerprint density at radius 2 is 1.89 bits per heavy atom. The summed E-state index contributed by atoms with van der Waals surface area (Å²) in [6, 6.07) is 13.3. The summed E-state index contributed by atoms with van der Waals surface area (Å²) in [6.07, 6.45) is 0. The molecular weight excluding hydrogens is 312 g/mol. The lowest BCUT2D eigenvalue weighted by Crippen LogP contribution is -1.82. The van der Waals surface area contributed by atoms with Crippen LogP contribution in [0.3, 0.4) is 0 Å². The van der Waals surface area contributed by atoms with Gasteiger partial charge in [0, 0.05) is 10.2 Å². The minimum atomic E-state index is 0.623. The average molecular weight is 321 g/mol. The molecule has 18 heavy (non-hydrogen) atoms. The summed E-state index contributed by atoms with van der Waals surface area (Å²) < 4.78 is 7.75. The third kappa shape index (κ3) is 2.32. The van der Waals surface area contributed by atoms with Gasteiger partial charge >= 0.3 is 0 Å². The summed E-state index contributed by atoms with van der Waals surface area (Å²) in [5, 5.41) is 0.623. The zero-order valence-electron chi connectivity index (χ0n) is 9.26. The number of nitrogen functional groups attached to an aromatic ring is 1. The molecule has 0 aliphatic carbocycles. The molecule has 0 bridgehead atoms. The number of thiazole rings is 1. The molecule has 1 aromatic heterocycles. The molecule has 0 aliphatic rings. The minimum absolute atomic E-state index is 0.623. The van der Waals surface area contributed by atoms with Crippen LogP contribution in [-0.4, -0.2) is 4.98 Å². The van der Waals surface area contributed by atoms with Crippen molar-refractivity contribution in [2.75, 3.05) is 5.73 Å². The van der Waals surface area contributed by atoms with Crippen LogP contribution in [-0.2, 0) is 0 Å². The Balaban J connectivity index is 1.92. The van der Waals surface area contributed by atoms with Crippen molar-refractivity contribution in [3.05, 3.63) is 46.9 Å². The molecular formula is C13H9BrN2OS. The van der Waals surface area contributed by atoms with Gasteiger partial charge in [0.05, 0.1) is 10.2 Å². The van der Waals surface area contributed by atoms with Gasteiger partial charge in [-0.25, -0.2) is 4.98 Å². The number of ether oxygens (including phenoxy) is 1. The van der Waals surface area contributed by atoms with Crippen LogP contribution in [0.2, 0.25) is 0 Å². The zero-order chi connectivity index (χ0) is 12.5. The van der Waals surface area contributed by atoms with Gasteiger partial charge in [-0.1, -0.05) is 27.3 Å². The molecule has 0 aliphatic heterocycles. The van der Waals surface area contributed by atoms with Gasteiger partial charge in [-0.15, -0.1) is 0 Å². The molecule has 0 fully saturated rings. The monoisotopic (exact) mass is 320 g/mol. The molecule has 3 aromatic rings. The van der Waals surface area contributed by atoms with Crippen LogP contribution in [0.5, 0.6) is 10.9 Å². The van der Waals surface area contributed by atoms with E-state index in [1.165, 1.54) is 11.3 Å². The van der Waals surface area contributed by atoms with Crippen LogP contribution in [0, 0.1) is 0 Å². The number of nitrogens with zero attached hydrogens (tertiary/aromatic N) is 1. The molecule has 0 atom stereocenters. The van der Waals surface area contributed by atoms with Crippen LogP contribution in [0.25, 0.3) is 10.2 Å². The van der Waals surface area contributed by atoms with Gasteiger partial charge in [0.2, 0.25) is 0 Å². The second-order valence-corrected chi connectivity index (χ2v) is 5.67. The Morgan fingerprint density at radius 3 is 2.67 bits per heavy atom. The summed E-state index contributed by atoms with van der Waals surface area (Å²) in [7, 11) is 0. The molecule has 3 rings (SSSR count). The predicted molar refractivity (Wildman–Crippen MR) is 78.2 cm³/mol. The fraction of sp³-hybridized carbons (Fsp3) is 0. The second-order valence-electron chi connectivity index (χ2n) is 3.76. The quantitative estimate of drug-likeness (QED) is 0.710. The van der Waals surface area contributed by atoms with Crippen LogP contribution < -0.4 is 10.5 Å². The maximum atomic E-state index is 5.74. The summed E-state index contributed by atoms with van der Waals surface area (Å²) in [5.74, 6) is 0.769. The highest BCUT2D eigenvalue weighted by Crippen LogP contribution is 2.32. The number of halogens is 1. The van der Waals surface area contributed by atoms with Crippen molar-refractivity contribution in [1.82, 2.24) is 4.98 Å². The number of fused-ring (bicyclic) bond motifs is 1. The molecule has 0 unspecified atom stereocenters. The van der Waals surface area contributed by atoms with Crippen molar-refractivity contribution >= 4 is 43.2 Å². The standard InChI is InChI=1S/C13H9BrN2OS/c14-8-1-4-10(5-2-8)17-13-16-11-6-3-9(15)7-12(11)18-13/h1-7H,15H2. The highest BCUT2D eigenvalue weighted by molar-refractivity contribution is 9.10. The molecule has 5 heteroatoms. The SMILES string of the molecule is Nc1ccc2nc(Oc3ccc(Br)cc3)sc2c1. The third-order valence-corrected chi connectivity index (χ3v) is 3.84. The average Bonchev–Trinajstić information content (AvgIpc) is 2.73. The van der Waals surface area contributed by atoms with Crippen molar-refractivity contribution in [2.24, 2.45) is 0 Å². The molecule has 0 saturated carbocycles. The fourth-order valence-corrected chi connectivity index (χ4v) is 2.71. The second kappa shape index (κ2) is 4.59. The van der Waals surface area contributed by atoms with E-state index in [0.29, 0.717) is 5.19 Å². The van der Waals surface area contributed by atoms with Crippen LogP contribution >= 0.6 is 27.3 Å². The third-order valence-electron chi connectivity index (χ3n) is 2.41. The maximum absolute atomic E-state index is 5.74. The van der Waals surface area contributed by atoms with E-state index in [4.69, 9.17) is 10.5 Å². The molecule has 0 radical (unpaired) electrons. The lowest BCUT2D eigenvalue weighted by Gasteiger charge is -2.00. The number of aromatic nitrogens is 1. The molecule has 1 heterocycles. The first-order valence-electron chi connectivity index (χ1n) is 5.30. The van der Waals surface area contributed by atoms with E-state index in [-0.39, 0.29) is 0 Å². The molecule has 0 spiro atoms. The lowest BCUT2D eigenvalue weighted by molar-refractivity contribution is 0.480. The van der Waals surface area contributed by atoms with Crippen molar-refractivity contribution in [1.29, 1.82) is 0 Å². The Kier molecular flexibility index (Phi) is 2.93. The molecule has 2 aromatic carbocycles. The Bertz CT molecular complexity index is 694. The number of benzene rings is 2. The van der Waals surface area contributed by atoms with Crippen LogP contribution in [0.15, 0.2) is 46.9 Å². The van der Waals surface area contributed by atoms with Crippen molar-refractivity contribution in [2.45, 2.75) is 0 Å². The van der Waals surface area contributed by atoms with Gasteiger partial charge in [-0.05, 0) is 42.5 Å². The van der Waals surface area contributed by atoms with E-state index in [0.717, 1.165) is 26.1 Å². The van der Waals surface area contributed by atoms with E-state index in [9.17, 15) is 0 Å². The van der Waals surface area contributed by atoms with Gasteiger partial charge in [-0.2, -0.15) is 0 Å². The van der Waals surface area contributed by atoms with E-state index in [2.05, 4.69) is 20.9 Å². The van der Waals surface area contributed by atoms with Gasteiger partial charge in [0.25, 0.3) is 5.19 Å². The summed E-state index contributed by atoms with van der Waals surface area (Å²) in [6.45, 7) is 0. The number of hydrogen-bond donors (Lipinski definition) is 1. The molecule has 0 saturated heterocycles. The first-order valence-corrected chi connectivity index (χ1v) is 6.91. The predicted octanol–water partition coefficient (Wildman–Crippen LogP) is 4.43. The highest BCUT2D eigenvalue weighted by Gasteiger charge is 2.06. The van der Waals surface area contributed by atoms with Crippen LogP contribution in [0.1, 0.15) is 0 Å². The van der Waals surface area contributed by atoms with Crippen molar-refractivity contribution in [3.8, 4) is 10.9 Å². The first-order chi connectivity index (χ1) is 8.70. The number of anilines is 1. The van der Waals surface area contributed by atoms with Crippen LogP contribution in [0.4, 0.5) is 5.69 Å². The molecule has 2 N–H and O–H groups in total. The summed E-state index contributed by atoms with van der Waals surface area (Å²) >= 11 is 4.87. The molecule has 90 valence electrons. The summed E-state index contributed by atoms with van der Waals surface area (Å²) in [5.41, 5.74) is 7.38. The largest absolute Gasteiger partial charge is 0.431 e. The Morgan fingerprint density at radius 1 is 1.11 bits per heavy atom. The lowest BCUT2D eigenvalue weighted by atomic mass is 10.3. The maximum Gasteiger partial charge on any atom is 0.279 e. The normalized spacial score (nSPS) is 10.7.